The van der Waals surface area contributed by atoms with E-state index in [9.17, 15) is 0 Å². The SMILES string of the molecule is Cc1ccnc(OCC2CCCCO2)c1/C(N)=N/O. The molecule has 1 fully saturated rings. The van der Waals surface area contributed by atoms with Gasteiger partial charge in [0.2, 0.25) is 5.88 Å². The van der Waals surface area contributed by atoms with Gasteiger partial charge in [0.05, 0.1) is 11.7 Å². The van der Waals surface area contributed by atoms with Crippen molar-refractivity contribution in [1.29, 1.82) is 0 Å². The summed E-state index contributed by atoms with van der Waals surface area (Å²) in [6.45, 7) is 3.07. The minimum atomic E-state index is 0.00478. The maximum Gasteiger partial charge on any atom is 0.224 e. The summed E-state index contributed by atoms with van der Waals surface area (Å²) in [6, 6.07) is 1.79. The van der Waals surface area contributed by atoms with Crippen LogP contribution in [-0.4, -0.2) is 35.3 Å². The van der Waals surface area contributed by atoms with Crippen molar-refractivity contribution in [2.45, 2.75) is 32.3 Å². The molecule has 6 nitrogen and oxygen atoms in total. The van der Waals surface area contributed by atoms with Crippen LogP contribution in [0.4, 0.5) is 0 Å². The number of aryl methyl sites for hydroxylation is 1. The lowest BCUT2D eigenvalue weighted by Gasteiger charge is -2.23. The van der Waals surface area contributed by atoms with E-state index < -0.39 is 0 Å². The molecule has 1 aromatic heterocycles. The highest BCUT2D eigenvalue weighted by Gasteiger charge is 2.18. The van der Waals surface area contributed by atoms with Crippen LogP contribution in [0.2, 0.25) is 0 Å². The molecule has 1 unspecified atom stereocenters. The van der Waals surface area contributed by atoms with Gasteiger partial charge in [-0.05, 0) is 37.8 Å². The van der Waals surface area contributed by atoms with Crippen LogP contribution in [0.25, 0.3) is 0 Å². The van der Waals surface area contributed by atoms with Crippen LogP contribution in [-0.2, 0) is 4.74 Å². The Hall–Kier alpha value is -1.82. The molecule has 3 N–H and O–H groups in total. The van der Waals surface area contributed by atoms with Crippen LogP contribution in [0.15, 0.2) is 17.4 Å². The van der Waals surface area contributed by atoms with Gasteiger partial charge < -0.3 is 20.4 Å². The number of ether oxygens (including phenoxy) is 2. The fraction of sp³-hybridized carbons (Fsp3) is 0.538. The first-order valence-electron chi connectivity index (χ1n) is 6.40. The number of hydrogen-bond donors (Lipinski definition) is 2. The molecule has 0 aromatic carbocycles. The molecule has 0 amide bonds. The summed E-state index contributed by atoms with van der Waals surface area (Å²) in [5.74, 6) is 0.384. The van der Waals surface area contributed by atoms with Gasteiger partial charge in [0.25, 0.3) is 0 Å². The number of nitrogens with zero attached hydrogens (tertiary/aromatic N) is 2. The average Bonchev–Trinajstić information content (AvgIpc) is 2.45. The maximum absolute atomic E-state index is 8.81. The van der Waals surface area contributed by atoms with E-state index in [1.165, 1.54) is 0 Å². The smallest absolute Gasteiger partial charge is 0.224 e. The minimum Gasteiger partial charge on any atom is -0.474 e. The highest BCUT2D eigenvalue weighted by atomic mass is 16.5. The summed E-state index contributed by atoms with van der Waals surface area (Å²) >= 11 is 0. The average molecular weight is 265 g/mol. The van der Waals surface area contributed by atoms with Crippen molar-refractivity contribution in [2.24, 2.45) is 10.9 Å². The second kappa shape index (κ2) is 6.38. The molecule has 1 saturated heterocycles. The molecule has 1 atom stereocenters. The molecular weight excluding hydrogens is 246 g/mol. The van der Waals surface area contributed by atoms with Gasteiger partial charge in [-0.2, -0.15) is 0 Å². The van der Waals surface area contributed by atoms with Crippen molar-refractivity contribution in [2.75, 3.05) is 13.2 Å². The molecule has 2 rings (SSSR count). The van der Waals surface area contributed by atoms with Gasteiger partial charge in [0.15, 0.2) is 5.84 Å². The molecule has 1 aliphatic rings. The summed E-state index contributed by atoms with van der Waals surface area (Å²) in [5, 5.41) is 11.8. The Labute approximate surface area is 112 Å². The summed E-state index contributed by atoms with van der Waals surface area (Å²) in [4.78, 5) is 4.14. The first kappa shape index (κ1) is 13.6. The summed E-state index contributed by atoms with van der Waals surface area (Å²) in [7, 11) is 0. The molecule has 104 valence electrons. The normalized spacial score (nSPS) is 20.3. The van der Waals surface area contributed by atoms with Crippen LogP contribution in [0.1, 0.15) is 30.4 Å². The van der Waals surface area contributed by atoms with Crippen molar-refractivity contribution >= 4 is 5.84 Å². The Balaban J connectivity index is 2.09. The summed E-state index contributed by atoms with van der Waals surface area (Å²) in [6.07, 6.45) is 4.98. The molecule has 6 heteroatoms. The molecule has 0 spiro atoms. The summed E-state index contributed by atoms with van der Waals surface area (Å²) in [5.41, 5.74) is 7.03. The van der Waals surface area contributed by atoms with E-state index in [4.69, 9.17) is 20.4 Å². The van der Waals surface area contributed by atoms with Gasteiger partial charge in [-0.25, -0.2) is 4.98 Å². The number of amidine groups is 1. The lowest BCUT2D eigenvalue weighted by Crippen LogP contribution is -2.27. The third-order valence-corrected chi connectivity index (χ3v) is 3.17. The third kappa shape index (κ3) is 3.35. The maximum atomic E-state index is 8.81. The molecule has 0 aliphatic carbocycles. The van der Waals surface area contributed by atoms with E-state index in [2.05, 4.69) is 10.1 Å². The second-order valence-electron chi connectivity index (χ2n) is 4.59. The molecule has 19 heavy (non-hydrogen) atoms. The second-order valence-corrected chi connectivity index (χ2v) is 4.59. The fourth-order valence-electron chi connectivity index (χ4n) is 2.12. The third-order valence-electron chi connectivity index (χ3n) is 3.17. The zero-order valence-electron chi connectivity index (χ0n) is 11.0. The highest BCUT2D eigenvalue weighted by Crippen LogP contribution is 2.20. The van der Waals surface area contributed by atoms with Crippen molar-refractivity contribution in [3.05, 3.63) is 23.4 Å². The molecule has 1 aromatic rings. The van der Waals surface area contributed by atoms with Crippen LogP contribution in [0, 0.1) is 6.92 Å². The van der Waals surface area contributed by atoms with E-state index in [1.54, 1.807) is 12.3 Å². The summed E-state index contributed by atoms with van der Waals surface area (Å²) < 4.78 is 11.3. The van der Waals surface area contributed by atoms with Gasteiger partial charge in [0.1, 0.15) is 6.61 Å². The number of hydrogen-bond acceptors (Lipinski definition) is 5. The van der Waals surface area contributed by atoms with Crippen LogP contribution in [0.5, 0.6) is 5.88 Å². The Kier molecular flexibility index (Phi) is 4.57. The van der Waals surface area contributed by atoms with E-state index in [0.717, 1.165) is 31.4 Å². The monoisotopic (exact) mass is 265 g/mol. The Bertz CT molecular complexity index is 456. The number of pyridine rings is 1. The Morgan fingerprint density at radius 2 is 2.47 bits per heavy atom. The molecule has 0 radical (unpaired) electrons. The molecular formula is C13H19N3O3. The van der Waals surface area contributed by atoms with Gasteiger partial charge in [-0.1, -0.05) is 5.16 Å². The number of oxime groups is 1. The number of rotatable bonds is 4. The first-order valence-corrected chi connectivity index (χ1v) is 6.40. The van der Waals surface area contributed by atoms with Crippen LogP contribution < -0.4 is 10.5 Å². The molecule has 0 saturated carbocycles. The van der Waals surface area contributed by atoms with Gasteiger partial charge in [-0.3, -0.25) is 0 Å². The standard InChI is InChI=1S/C13H19N3O3/c1-9-5-6-15-13(11(9)12(14)16-17)19-8-10-4-2-3-7-18-10/h5-6,10,17H,2-4,7-8H2,1H3,(H2,14,16). The lowest BCUT2D eigenvalue weighted by molar-refractivity contribution is -0.0119. The van der Waals surface area contributed by atoms with Crippen molar-refractivity contribution in [1.82, 2.24) is 4.98 Å². The van der Waals surface area contributed by atoms with E-state index >= 15 is 0 Å². The zero-order chi connectivity index (χ0) is 13.7. The number of nitrogens with two attached hydrogens (primary N) is 1. The predicted molar refractivity (Wildman–Crippen MR) is 70.6 cm³/mol. The minimum absolute atomic E-state index is 0.00478. The van der Waals surface area contributed by atoms with Crippen molar-refractivity contribution in [3.8, 4) is 5.88 Å². The number of aromatic nitrogens is 1. The molecule has 0 bridgehead atoms. The zero-order valence-corrected chi connectivity index (χ0v) is 11.0. The lowest BCUT2D eigenvalue weighted by atomic mass is 10.1. The molecule has 1 aliphatic heterocycles. The van der Waals surface area contributed by atoms with Crippen molar-refractivity contribution in [3.63, 3.8) is 0 Å². The van der Waals surface area contributed by atoms with E-state index in [-0.39, 0.29) is 11.9 Å². The predicted octanol–water partition coefficient (Wildman–Crippen LogP) is 1.43. The van der Waals surface area contributed by atoms with Gasteiger partial charge in [-0.15, -0.1) is 0 Å². The first-order chi connectivity index (χ1) is 9.22. The largest absolute Gasteiger partial charge is 0.474 e. The Morgan fingerprint density at radius 1 is 1.63 bits per heavy atom. The Morgan fingerprint density at radius 3 is 3.16 bits per heavy atom. The van der Waals surface area contributed by atoms with Crippen LogP contribution in [0.3, 0.4) is 0 Å². The van der Waals surface area contributed by atoms with Crippen LogP contribution >= 0.6 is 0 Å². The topological polar surface area (TPSA) is 90.0 Å². The van der Waals surface area contributed by atoms with Crippen molar-refractivity contribution < 1.29 is 14.7 Å². The van der Waals surface area contributed by atoms with E-state index in [1.807, 2.05) is 6.92 Å². The highest BCUT2D eigenvalue weighted by molar-refractivity contribution is 6.00. The fourth-order valence-corrected chi connectivity index (χ4v) is 2.12. The van der Waals surface area contributed by atoms with Gasteiger partial charge in [0, 0.05) is 12.8 Å². The molecule has 2 heterocycles. The quantitative estimate of drug-likeness (QED) is 0.372. The van der Waals surface area contributed by atoms with E-state index in [0.29, 0.717) is 18.1 Å². The van der Waals surface area contributed by atoms with Gasteiger partial charge >= 0.3 is 0 Å².